The molecular weight excluding hydrogens is 372 g/mol. The smallest absolute Gasteiger partial charge is 0.356 e. The van der Waals surface area contributed by atoms with Crippen molar-refractivity contribution in [1.82, 2.24) is 9.97 Å². The molecule has 0 saturated heterocycles. The summed E-state index contributed by atoms with van der Waals surface area (Å²) in [5, 5.41) is 14.0. The normalized spacial score (nSPS) is 10.7. The Labute approximate surface area is 156 Å². The Bertz CT molecular complexity index is 1170. The van der Waals surface area contributed by atoms with Gasteiger partial charge in [0.1, 0.15) is 11.4 Å². The number of hydrogen-bond donors (Lipinski definition) is 3. The number of phenols is 1. The van der Waals surface area contributed by atoms with Crippen molar-refractivity contribution < 1.29 is 33.7 Å². The van der Waals surface area contributed by atoms with E-state index >= 15 is 0 Å². The third kappa shape index (κ3) is 2.69. The lowest BCUT2D eigenvalue weighted by molar-refractivity contribution is 0.0583. The topological polar surface area (TPSA) is 164 Å². The molecule has 28 heavy (non-hydrogen) atoms. The molecular formula is C17H14N4O7. The minimum absolute atomic E-state index is 0.0298. The molecule has 0 fully saturated rings. The number of hydrogen-bond acceptors (Lipinski definition) is 10. The van der Waals surface area contributed by atoms with Gasteiger partial charge in [-0.25, -0.2) is 24.9 Å². The molecule has 0 amide bonds. The second-order valence-corrected chi connectivity index (χ2v) is 5.53. The molecule has 11 heteroatoms. The van der Waals surface area contributed by atoms with E-state index in [-0.39, 0.29) is 44.4 Å². The molecule has 0 spiro atoms. The van der Waals surface area contributed by atoms with Gasteiger partial charge >= 0.3 is 17.9 Å². The van der Waals surface area contributed by atoms with Gasteiger partial charge in [-0.15, -0.1) is 0 Å². The number of esters is 3. The molecule has 11 nitrogen and oxygen atoms in total. The number of phenolic OH excluding ortho intramolecular Hbond substituents is 1. The quantitative estimate of drug-likeness (QED) is 0.349. The largest absolute Gasteiger partial charge is 0.505 e. The highest BCUT2D eigenvalue weighted by Gasteiger charge is 2.26. The second kappa shape index (κ2) is 6.95. The maximum absolute atomic E-state index is 12.4. The molecule has 0 aliphatic rings. The van der Waals surface area contributed by atoms with E-state index in [2.05, 4.69) is 24.6 Å². The lowest BCUT2D eigenvalue weighted by Crippen LogP contribution is -2.10. The van der Waals surface area contributed by atoms with Crippen LogP contribution in [0.25, 0.3) is 21.8 Å². The molecule has 0 aliphatic heterocycles. The van der Waals surface area contributed by atoms with Crippen molar-refractivity contribution in [2.75, 3.05) is 21.3 Å². The van der Waals surface area contributed by atoms with Crippen LogP contribution in [0.1, 0.15) is 31.3 Å². The van der Waals surface area contributed by atoms with E-state index in [1.54, 1.807) is 0 Å². The van der Waals surface area contributed by atoms with Gasteiger partial charge in [-0.1, -0.05) is 0 Å². The SMILES string of the molecule is COC(=O)c1cc2c(O)c(N=N)c3[nH]c(C(=O)OC)cc(C(=O)OC)c3c2n1. The van der Waals surface area contributed by atoms with Crippen LogP contribution in [0.3, 0.4) is 0 Å². The molecule has 0 aliphatic carbocycles. The summed E-state index contributed by atoms with van der Waals surface area (Å²) in [6, 6.07) is 2.44. The number of pyridine rings is 1. The number of aromatic amines is 1. The number of methoxy groups -OCH3 is 3. The predicted molar refractivity (Wildman–Crippen MR) is 94.1 cm³/mol. The standard InChI is InChI=1S/C17H14N4O7/c1-26-15(23)6-4-8(16(24)27-2)20-12-10(6)11-7(14(22)13(12)21-18)5-9(19-11)17(25)28-3/h4-5,18,20,22H,1-3H3. The Morgan fingerprint density at radius 2 is 1.71 bits per heavy atom. The van der Waals surface area contributed by atoms with Crippen LogP contribution in [0.5, 0.6) is 5.75 Å². The fourth-order valence-electron chi connectivity index (χ4n) is 2.85. The van der Waals surface area contributed by atoms with Crippen LogP contribution >= 0.6 is 0 Å². The van der Waals surface area contributed by atoms with Crippen molar-refractivity contribution >= 4 is 45.4 Å². The van der Waals surface area contributed by atoms with Gasteiger partial charge in [-0.3, -0.25) is 0 Å². The number of carbonyl (C=O) groups is 3. The lowest BCUT2D eigenvalue weighted by atomic mass is 10.0. The monoisotopic (exact) mass is 386 g/mol. The number of rotatable bonds is 4. The van der Waals surface area contributed by atoms with Crippen molar-refractivity contribution in [2.24, 2.45) is 5.11 Å². The summed E-state index contributed by atoms with van der Waals surface area (Å²) in [5.74, 6) is -2.83. The van der Waals surface area contributed by atoms with Gasteiger partial charge in [0.2, 0.25) is 0 Å². The molecule has 0 atom stereocenters. The number of ether oxygens (including phenoxy) is 3. The zero-order valence-corrected chi connectivity index (χ0v) is 14.9. The Morgan fingerprint density at radius 1 is 1.07 bits per heavy atom. The van der Waals surface area contributed by atoms with Crippen LogP contribution in [0, 0.1) is 5.53 Å². The molecule has 1 aromatic carbocycles. The van der Waals surface area contributed by atoms with Gasteiger partial charge in [0.15, 0.2) is 11.4 Å². The van der Waals surface area contributed by atoms with Gasteiger partial charge in [-0.2, -0.15) is 5.11 Å². The molecule has 3 N–H and O–H groups in total. The Kier molecular flexibility index (Phi) is 4.65. The van der Waals surface area contributed by atoms with E-state index in [9.17, 15) is 19.5 Å². The molecule has 3 aromatic rings. The number of aromatic hydroxyl groups is 1. The maximum atomic E-state index is 12.4. The molecule has 0 unspecified atom stereocenters. The summed E-state index contributed by atoms with van der Waals surface area (Å²) in [7, 11) is 3.46. The number of carbonyl (C=O) groups excluding carboxylic acids is 3. The first-order valence-electron chi connectivity index (χ1n) is 7.72. The average molecular weight is 386 g/mol. The minimum Gasteiger partial charge on any atom is -0.505 e. The van der Waals surface area contributed by atoms with Gasteiger partial charge in [0, 0.05) is 10.8 Å². The van der Waals surface area contributed by atoms with Crippen LogP contribution in [0.15, 0.2) is 17.2 Å². The Hall–Kier alpha value is -4.02. The first kappa shape index (κ1) is 18.8. The fraction of sp³-hybridized carbons (Fsp3) is 0.176. The zero-order valence-electron chi connectivity index (χ0n) is 14.9. The van der Waals surface area contributed by atoms with E-state index in [1.165, 1.54) is 19.2 Å². The van der Waals surface area contributed by atoms with Crippen LogP contribution in [0.2, 0.25) is 0 Å². The van der Waals surface area contributed by atoms with Crippen molar-refractivity contribution in [3.63, 3.8) is 0 Å². The predicted octanol–water partition coefficient (Wildman–Crippen LogP) is 2.44. The minimum atomic E-state index is -0.810. The molecule has 2 heterocycles. The van der Waals surface area contributed by atoms with Gasteiger partial charge in [0.25, 0.3) is 0 Å². The van der Waals surface area contributed by atoms with Gasteiger partial charge < -0.3 is 24.3 Å². The molecule has 0 radical (unpaired) electrons. The van der Waals surface area contributed by atoms with Gasteiger partial charge in [-0.05, 0) is 12.1 Å². The Morgan fingerprint density at radius 3 is 2.29 bits per heavy atom. The lowest BCUT2D eigenvalue weighted by Gasteiger charge is -2.12. The van der Waals surface area contributed by atoms with Crippen LogP contribution < -0.4 is 0 Å². The van der Waals surface area contributed by atoms with Crippen molar-refractivity contribution in [2.45, 2.75) is 0 Å². The van der Waals surface area contributed by atoms with Crippen LogP contribution in [0.4, 0.5) is 5.69 Å². The molecule has 144 valence electrons. The number of aromatic nitrogens is 2. The molecule has 0 bridgehead atoms. The van der Waals surface area contributed by atoms with Crippen LogP contribution in [-0.2, 0) is 14.2 Å². The van der Waals surface area contributed by atoms with Crippen molar-refractivity contribution in [3.05, 3.63) is 29.1 Å². The number of H-pyrrole nitrogens is 1. The number of benzene rings is 1. The third-order valence-corrected chi connectivity index (χ3v) is 4.11. The summed E-state index contributed by atoms with van der Waals surface area (Å²) in [4.78, 5) is 43.0. The zero-order chi connectivity index (χ0) is 20.6. The first-order valence-corrected chi connectivity index (χ1v) is 7.72. The summed E-state index contributed by atoms with van der Waals surface area (Å²) < 4.78 is 14.1. The summed E-state index contributed by atoms with van der Waals surface area (Å²) in [6.07, 6.45) is 0. The number of fused-ring (bicyclic) bond motifs is 3. The van der Waals surface area contributed by atoms with E-state index in [4.69, 9.17) is 10.3 Å². The summed E-state index contributed by atoms with van der Waals surface area (Å²) >= 11 is 0. The maximum Gasteiger partial charge on any atom is 0.356 e. The number of nitrogens with zero attached hydrogens (tertiary/aromatic N) is 2. The highest BCUT2D eigenvalue weighted by molar-refractivity contribution is 6.21. The third-order valence-electron chi connectivity index (χ3n) is 4.11. The first-order chi connectivity index (χ1) is 13.4. The van der Waals surface area contributed by atoms with E-state index in [1.807, 2.05) is 0 Å². The Balaban J connectivity index is 2.57. The highest BCUT2D eigenvalue weighted by atomic mass is 16.5. The summed E-state index contributed by atoms with van der Waals surface area (Å²) in [6.45, 7) is 0. The van der Waals surface area contributed by atoms with Crippen LogP contribution in [-0.4, -0.2) is 54.3 Å². The van der Waals surface area contributed by atoms with Crippen molar-refractivity contribution in [3.8, 4) is 5.75 Å². The van der Waals surface area contributed by atoms with E-state index in [0.29, 0.717) is 0 Å². The average Bonchev–Trinajstić information content (AvgIpc) is 3.17. The molecule has 2 aromatic heterocycles. The molecule has 0 saturated carbocycles. The second-order valence-electron chi connectivity index (χ2n) is 5.53. The van der Waals surface area contributed by atoms with Crippen molar-refractivity contribution in [1.29, 1.82) is 5.53 Å². The molecule has 3 rings (SSSR count). The van der Waals surface area contributed by atoms with E-state index in [0.717, 1.165) is 14.2 Å². The van der Waals surface area contributed by atoms with Gasteiger partial charge in [0.05, 0.1) is 37.9 Å². The fourth-order valence-corrected chi connectivity index (χ4v) is 2.85. The number of nitrogens with one attached hydrogen (secondary N) is 2. The highest BCUT2D eigenvalue weighted by Crippen LogP contribution is 2.43. The summed E-state index contributed by atoms with van der Waals surface area (Å²) in [5.41, 5.74) is 6.83. The van der Waals surface area contributed by atoms with E-state index < -0.39 is 23.7 Å².